The maximum atomic E-state index is 12.9. The lowest BCUT2D eigenvalue weighted by Crippen LogP contribution is -2.47. The van der Waals surface area contributed by atoms with E-state index in [1.165, 1.54) is 4.90 Å². The van der Waals surface area contributed by atoms with Gasteiger partial charge in [-0.1, -0.05) is 68.3 Å². The summed E-state index contributed by atoms with van der Waals surface area (Å²) in [5, 5.41) is 12.4. The molecule has 7 heteroatoms. The molecule has 0 radical (unpaired) electrons. The van der Waals surface area contributed by atoms with Crippen LogP contribution in [0.4, 0.5) is 4.79 Å². The molecule has 4 rings (SSSR count). The molecule has 2 aliphatic rings. The highest BCUT2D eigenvalue weighted by atomic mass is 16.5. The molecule has 1 fully saturated rings. The van der Waals surface area contributed by atoms with E-state index in [1.807, 2.05) is 31.2 Å². The minimum absolute atomic E-state index is 0.0340. The zero-order valence-electron chi connectivity index (χ0n) is 19.5. The summed E-state index contributed by atoms with van der Waals surface area (Å²) in [5.74, 6) is -1.24. The van der Waals surface area contributed by atoms with Crippen molar-refractivity contribution < 1.29 is 24.2 Å². The van der Waals surface area contributed by atoms with E-state index in [0.717, 1.165) is 41.5 Å². The third-order valence-corrected chi connectivity index (χ3v) is 6.94. The van der Waals surface area contributed by atoms with Crippen LogP contribution in [-0.2, 0) is 14.3 Å². The number of benzene rings is 2. The summed E-state index contributed by atoms with van der Waals surface area (Å²) in [6.07, 6.45) is 3.03. The number of ether oxygens (including phenoxy) is 1. The molecule has 0 bridgehead atoms. The Balaban J connectivity index is 1.36. The first-order chi connectivity index (χ1) is 16.5. The first-order valence-electron chi connectivity index (χ1n) is 12.1. The predicted octanol–water partition coefficient (Wildman–Crippen LogP) is 4.55. The average molecular weight is 465 g/mol. The van der Waals surface area contributed by atoms with Gasteiger partial charge in [0.2, 0.25) is 5.91 Å². The van der Waals surface area contributed by atoms with Gasteiger partial charge in [0.1, 0.15) is 12.6 Å². The second-order valence-corrected chi connectivity index (χ2v) is 9.07. The quantitative estimate of drug-likeness (QED) is 0.627. The van der Waals surface area contributed by atoms with Crippen molar-refractivity contribution in [3.05, 3.63) is 59.7 Å². The second-order valence-electron chi connectivity index (χ2n) is 9.07. The van der Waals surface area contributed by atoms with Gasteiger partial charge in [-0.2, -0.15) is 0 Å². The molecule has 1 aliphatic heterocycles. The van der Waals surface area contributed by atoms with Crippen molar-refractivity contribution in [2.24, 2.45) is 0 Å². The lowest BCUT2D eigenvalue weighted by molar-refractivity contribution is -0.150. The summed E-state index contributed by atoms with van der Waals surface area (Å²) in [7, 11) is 0. The molecule has 0 saturated carbocycles. The number of carboxylic acids is 1. The molecule has 2 aromatic carbocycles. The molecule has 2 aromatic rings. The van der Waals surface area contributed by atoms with Gasteiger partial charge in [0, 0.05) is 24.9 Å². The lowest BCUT2D eigenvalue weighted by Gasteiger charge is -2.28. The summed E-state index contributed by atoms with van der Waals surface area (Å²) in [6.45, 7) is 2.54. The number of carbonyl (C=O) groups is 3. The maximum Gasteiger partial charge on any atom is 0.407 e. The first-order valence-corrected chi connectivity index (χ1v) is 12.1. The van der Waals surface area contributed by atoms with Crippen LogP contribution in [0.5, 0.6) is 0 Å². The van der Waals surface area contributed by atoms with Gasteiger partial charge in [-0.25, -0.2) is 9.59 Å². The zero-order valence-corrected chi connectivity index (χ0v) is 19.5. The highest BCUT2D eigenvalue weighted by Gasteiger charge is 2.32. The summed E-state index contributed by atoms with van der Waals surface area (Å²) in [5.41, 5.74) is 4.60. The van der Waals surface area contributed by atoms with E-state index in [4.69, 9.17) is 4.74 Å². The number of carboxylic acid groups (broad SMARTS) is 1. The molecule has 1 saturated heterocycles. The number of hydrogen-bond acceptors (Lipinski definition) is 4. The molecular weight excluding hydrogens is 432 g/mol. The lowest BCUT2D eigenvalue weighted by atomic mass is 9.98. The van der Waals surface area contributed by atoms with Crippen LogP contribution in [0.25, 0.3) is 11.1 Å². The van der Waals surface area contributed by atoms with Crippen LogP contribution in [0, 0.1) is 0 Å². The summed E-state index contributed by atoms with van der Waals surface area (Å²) in [4.78, 5) is 38.7. The molecule has 7 nitrogen and oxygen atoms in total. The molecule has 1 aliphatic carbocycles. The van der Waals surface area contributed by atoms with Crippen LogP contribution in [-0.4, -0.2) is 53.2 Å². The topological polar surface area (TPSA) is 95.9 Å². The third-order valence-electron chi connectivity index (χ3n) is 6.94. The van der Waals surface area contributed by atoms with Gasteiger partial charge in [-0.05, 0) is 41.5 Å². The number of fused-ring (bicyclic) bond motifs is 3. The Morgan fingerprint density at radius 3 is 2.29 bits per heavy atom. The molecule has 1 unspecified atom stereocenters. The number of amides is 2. The van der Waals surface area contributed by atoms with Crippen LogP contribution in [0.15, 0.2) is 48.5 Å². The molecule has 0 spiro atoms. The second kappa shape index (κ2) is 10.7. The van der Waals surface area contributed by atoms with Gasteiger partial charge in [-0.15, -0.1) is 0 Å². The molecule has 0 aromatic heterocycles. The van der Waals surface area contributed by atoms with Crippen LogP contribution in [0.3, 0.4) is 0 Å². The smallest absolute Gasteiger partial charge is 0.407 e. The van der Waals surface area contributed by atoms with E-state index >= 15 is 0 Å². The number of nitrogens with one attached hydrogen (secondary N) is 1. The largest absolute Gasteiger partial charge is 0.480 e. The summed E-state index contributed by atoms with van der Waals surface area (Å²) >= 11 is 0. The Kier molecular flexibility index (Phi) is 7.50. The fourth-order valence-corrected chi connectivity index (χ4v) is 5.10. The molecule has 180 valence electrons. The van der Waals surface area contributed by atoms with E-state index in [9.17, 15) is 19.5 Å². The fraction of sp³-hybridized carbons (Fsp3) is 0.444. The Labute approximate surface area is 200 Å². The van der Waals surface area contributed by atoms with E-state index in [2.05, 4.69) is 29.6 Å². The van der Waals surface area contributed by atoms with Crippen molar-refractivity contribution in [3.63, 3.8) is 0 Å². The van der Waals surface area contributed by atoms with Crippen LogP contribution < -0.4 is 5.32 Å². The van der Waals surface area contributed by atoms with Crippen molar-refractivity contribution >= 4 is 18.0 Å². The number of hydrogen-bond donors (Lipinski definition) is 2. The van der Waals surface area contributed by atoms with Gasteiger partial charge in [-0.3, -0.25) is 4.79 Å². The summed E-state index contributed by atoms with van der Waals surface area (Å²) in [6, 6.07) is 15.1. The van der Waals surface area contributed by atoms with Gasteiger partial charge < -0.3 is 20.1 Å². The van der Waals surface area contributed by atoms with Crippen molar-refractivity contribution in [3.8, 4) is 11.1 Å². The zero-order chi connectivity index (χ0) is 24.1. The minimum atomic E-state index is -0.965. The number of alkyl carbamates (subject to hydrolysis) is 1. The van der Waals surface area contributed by atoms with Crippen molar-refractivity contribution in [2.75, 3.05) is 13.2 Å². The molecule has 34 heavy (non-hydrogen) atoms. The molecule has 2 atom stereocenters. The minimum Gasteiger partial charge on any atom is -0.480 e. The predicted molar refractivity (Wildman–Crippen MR) is 129 cm³/mol. The van der Waals surface area contributed by atoms with Crippen molar-refractivity contribution in [1.29, 1.82) is 0 Å². The maximum absolute atomic E-state index is 12.9. The van der Waals surface area contributed by atoms with Crippen LogP contribution in [0.1, 0.15) is 62.5 Å². The first kappa shape index (κ1) is 23.8. The monoisotopic (exact) mass is 464 g/mol. The number of carbonyl (C=O) groups excluding carboxylic acids is 2. The molecular formula is C27H32N2O5. The normalized spacial score (nSPS) is 18.4. The highest BCUT2D eigenvalue weighted by Crippen LogP contribution is 2.44. The SMILES string of the molecule is CC[C@H](CC(=O)N1CCCCCC1C(=O)O)NC(=O)OCC1c2ccccc2-c2ccccc21. The van der Waals surface area contributed by atoms with Gasteiger partial charge in [0.15, 0.2) is 0 Å². The van der Waals surface area contributed by atoms with E-state index in [-0.39, 0.29) is 24.9 Å². The van der Waals surface area contributed by atoms with Gasteiger partial charge >= 0.3 is 12.1 Å². The Morgan fingerprint density at radius 1 is 1.03 bits per heavy atom. The third kappa shape index (κ3) is 5.08. The molecule has 1 heterocycles. The Hall–Kier alpha value is -3.35. The number of likely N-dealkylation sites (tertiary alicyclic amines) is 1. The Morgan fingerprint density at radius 2 is 1.68 bits per heavy atom. The standard InChI is InChI=1S/C27H32N2O5/c1-2-18(16-25(30)29-15-9-3-4-14-24(29)26(31)32)28-27(33)34-17-23-21-12-7-5-10-19(21)20-11-6-8-13-22(20)23/h5-8,10-13,18,23-24H,2-4,9,14-17H2,1H3,(H,28,33)(H,31,32)/t18-,24?/m1/s1. The molecule has 2 amide bonds. The van der Waals surface area contributed by atoms with Crippen molar-refractivity contribution in [2.45, 2.75) is 63.5 Å². The average Bonchev–Trinajstić information content (AvgIpc) is 2.97. The number of aliphatic carboxylic acids is 1. The summed E-state index contributed by atoms with van der Waals surface area (Å²) < 4.78 is 5.61. The Bertz CT molecular complexity index is 1010. The van der Waals surface area contributed by atoms with Gasteiger partial charge in [0.25, 0.3) is 0 Å². The van der Waals surface area contributed by atoms with E-state index in [0.29, 0.717) is 19.4 Å². The van der Waals surface area contributed by atoms with Gasteiger partial charge in [0.05, 0.1) is 0 Å². The number of rotatable bonds is 7. The van der Waals surface area contributed by atoms with E-state index in [1.54, 1.807) is 0 Å². The van der Waals surface area contributed by atoms with Crippen LogP contribution >= 0.6 is 0 Å². The van der Waals surface area contributed by atoms with Crippen LogP contribution in [0.2, 0.25) is 0 Å². The highest BCUT2D eigenvalue weighted by molar-refractivity contribution is 5.84. The fourth-order valence-electron chi connectivity index (χ4n) is 5.10. The molecule has 2 N–H and O–H groups in total. The van der Waals surface area contributed by atoms with E-state index < -0.39 is 24.1 Å². The van der Waals surface area contributed by atoms with Crippen molar-refractivity contribution in [1.82, 2.24) is 10.2 Å². The number of nitrogens with zero attached hydrogens (tertiary/aromatic N) is 1.